The molecule has 0 fully saturated rings. The fourth-order valence-electron chi connectivity index (χ4n) is 3.76. The first-order valence-electron chi connectivity index (χ1n) is 10.2. The minimum Gasteiger partial charge on any atom is -0.508 e. The van der Waals surface area contributed by atoms with Crippen molar-refractivity contribution in [1.29, 1.82) is 0 Å². The Kier molecular flexibility index (Phi) is 6.96. The molecular weight excluding hydrogens is 471 g/mol. The van der Waals surface area contributed by atoms with Crippen molar-refractivity contribution in [2.45, 2.75) is 25.7 Å². The number of rotatable bonds is 9. The van der Waals surface area contributed by atoms with Gasteiger partial charge in [0.1, 0.15) is 5.75 Å². The van der Waals surface area contributed by atoms with Gasteiger partial charge in [-0.2, -0.15) is 0 Å². The van der Waals surface area contributed by atoms with E-state index in [2.05, 4.69) is 54.8 Å². The highest BCUT2D eigenvalue weighted by Crippen LogP contribution is 2.30. The second-order valence-corrected chi connectivity index (χ2v) is 9.47. The molecule has 4 heteroatoms. The number of hydrogen-bond donors (Lipinski definition) is 3. The number of fused-ring (bicyclic) bond motifs is 1. The zero-order chi connectivity index (χ0) is 19.9. The molecule has 0 spiro atoms. The molecule has 0 unspecified atom stereocenters. The molecule has 1 aliphatic heterocycles. The highest BCUT2D eigenvalue weighted by atomic mass is 127. The lowest BCUT2D eigenvalue weighted by molar-refractivity contribution is 0.475. The van der Waals surface area contributed by atoms with Crippen LogP contribution in [-0.4, -0.2) is 27.2 Å². The summed E-state index contributed by atoms with van der Waals surface area (Å²) < 4.78 is 4.66. The van der Waals surface area contributed by atoms with Gasteiger partial charge in [-0.25, -0.2) is 0 Å². The molecular formula is C25H27IN2O. The number of phenols is 1. The van der Waals surface area contributed by atoms with Crippen molar-refractivity contribution in [3.05, 3.63) is 81.6 Å². The van der Waals surface area contributed by atoms with Gasteiger partial charge in [0.2, 0.25) is 0 Å². The van der Waals surface area contributed by atoms with Crippen molar-refractivity contribution in [3.63, 3.8) is 0 Å². The Morgan fingerprint density at radius 2 is 1.79 bits per heavy atom. The zero-order valence-electron chi connectivity index (χ0n) is 16.5. The molecule has 0 radical (unpaired) electrons. The number of para-hydroxylation sites is 1. The van der Waals surface area contributed by atoms with Crippen LogP contribution in [0.2, 0.25) is 0 Å². The predicted molar refractivity (Wildman–Crippen MR) is 133 cm³/mol. The maximum atomic E-state index is 9.35. The Hall–Kier alpha value is -2.18. The highest BCUT2D eigenvalue weighted by Gasteiger charge is 2.13. The van der Waals surface area contributed by atoms with Crippen molar-refractivity contribution in [2.75, 3.05) is 13.1 Å². The minimum absolute atomic E-state index is 0.101. The largest absolute Gasteiger partial charge is 0.508 e. The van der Waals surface area contributed by atoms with E-state index in [1.165, 1.54) is 33.3 Å². The van der Waals surface area contributed by atoms with E-state index < -0.39 is 0 Å². The standard InChI is InChI=1S/C25H27IN2O/c29-21-10-8-19(9-11-21)5-3-4-17-27-18-14-23-22-6-1-2-7-24(22)28-25(23)20-12-15-26-16-13-20/h1-2,6-13,15-16,27-29H,3-5,14,17-18H2. The molecule has 1 aromatic heterocycles. The lowest BCUT2D eigenvalue weighted by atomic mass is 10.0. The van der Waals surface area contributed by atoms with Crippen LogP contribution < -0.4 is 5.32 Å². The first-order valence-corrected chi connectivity index (χ1v) is 12.7. The van der Waals surface area contributed by atoms with Crippen LogP contribution >= 0.6 is 20.7 Å². The smallest absolute Gasteiger partial charge is 0.115 e. The third-order valence-corrected chi connectivity index (χ3v) is 6.84. The van der Waals surface area contributed by atoms with Gasteiger partial charge < -0.3 is 15.4 Å². The van der Waals surface area contributed by atoms with Crippen LogP contribution in [0.5, 0.6) is 5.75 Å². The molecule has 4 rings (SSSR count). The number of aromatic nitrogens is 1. The van der Waals surface area contributed by atoms with E-state index in [4.69, 9.17) is 0 Å². The molecule has 150 valence electrons. The van der Waals surface area contributed by atoms with Crippen molar-refractivity contribution >= 4 is 41.2 Å². The molecule has 0 atom stereocenters. The van der Waals surface area contributed by atoms with E-state index in [1.807, 2.05) is 12.1 Å². The van der Waals surface area contributed by atoms with Gasteiger partial charge in [0.25, 0.3) is 0 Å². The predicted octanol–water partition coefficient (Wildman–Crippen LogP) is 5.71. The summed E-state index contributed by atoms with van der Waals surface area (Å²) >= 11 is 0.101. The van der Waals surface area contributed by atoms with Gasteiger partial charge in [0, 0.05) is 16.6 Å². The fourth-order valence-corrected chi connectivity index (χ4v) is 5.19. The summed E-state index contributed by atoms with van der Waals surface area (Å²) in [6.45, 7) is 2.03. The average Bonchev–Trinajstić information content (AvgIpc) is 3.14. The maximum absolute atomic E-state index is 9.35. The van der Waals surface area contributed by atoms with Crippen molar-refractivity contribution in [2.24, 2.45) is 0 Å². The van der Waals surface area contributed by atoms with Gasteiger partial charge in [0.15, 0.2) is 0 Å². The van der Waals surface area contributed by atoms with E-state index in [0.717, 1.165) is 38.8 Å². The van der Waals surface area contributed by atoms with Crippen LogP contribution in [-0.2, 0) is 12.8 Å². The summed E-state index contributed by atoms with van der Waals surface area (Å²) in [4.78, 5) is 3.64. The van der Waals surface area contributed by atoms with Gasteiger partial charge in [-0.05, 0) is 93.9 Å². The summed E-state index contributed by atoms with van der Waals surface area (Å²) in [7, 11) is 0. The second-order valence-electron chi connectivity index (χ2n) is 7.31. The normalized spacial score (nSPS) is 13.4. The Morgan fingerprint density at radius 1 is 0.931 bits per heavy atom. The molecule has 29 heavy (non-hydrogen) atoms. The number of aromatic hydroxyl groups is 1. The average molecular weight is 498 g/mol. The lowest BCUT2D eigenvalue weighted by Crippen LogP contribution is -2.19. The zero-order valence-corrected chi connectivity index (χ0v) is 18.7. The van der Waals surface area contributed by atoms with Crippen molar-refractivity contribution in [3.8, 4) is 5.75 Å². The third-order valence-electron chi connectivity index (χ3n) is 5.29. The Balaban J connectivity index is 1.30. The van der Waals surface area contributed by atoms with Crippen molar-refractivity contribution < 1.29 is 5.11 Å². The first kappa shape index (κ1) is 20.1. The molecule has 2 aromatic carbocycles. The number of hydrogen-bond acceptors (Lipinski definition) is 2. The lowest BCUT2D eigenvalue weighted by Gasteiger charge is -2.09. The molecule has 0 saturated carbocycles. The van der Waals surface area contributed by atoms with Gasteiger partial charge in [-0.15, -0.1) is 0 Å². The number of unbranched alkanes of at least 4 members (excludes halogenated alkanes) is 1. The van der Waals surface area contributed by atoms with Gasteiger partial charge in [-0.3, -0.25) is 0 Å². The van der Waals surface area contributed by atoms with E-state index in [1.54, 1.807) is 12.1 Å². The molecule has 0 amide bonds. The summed E-state index contributed by atoms with van der Waals surface area (Å²) in [5.41, 5.74) is 6.51. The Morgan fingerprint density at radius 3 is 2.62 bits per heavy atom. The maximum Gasteiger partial charge on any atom is 0.115 e. The summed E-state index contributed by atoms with van der Waals surface area (Å²) in [5, 5.41) is 14.3. The number of aryl methyl sites for hydroxylation is 1. The quantitative estimate of drug-likeness (QED) is 0.262. The molecule has 3 nitrogen and oxygen atoms in total. The highest BCUT2D eigenvalue weighted by molar-refractivity contribution is 14.2. The number of phenolic OH excluding ortho intramolecular Hbond substituents is 1. The van der Waals surface area contributed by atoms with Crippen LogP contribution in [0.25, 0.3) is 16.5 Å². The van der Waals surface area contributed by atoms with Crippen LogP contribution in [0, 0.1) is 0 Å². The second kappa shape index (κ2) is 10.0. The molecule has 0 bridgehead atoms. The van der Waals surface area contributed by atoms with E-state index in [0.29, 0.717) is 5.75 Å². The third kappa shape index (κ3) is 5.25. The molecule has 2 heterocycles. The van der Waals surface area contributed by atoms with E-state index in [9.17, 15) is 5.11 Å². The summed E-state index contributed by atoms with van der Waals surface area (Å²) in [6.07, 6.45) is 8.96. The Bertz CT molecular complexity index is 1040. The number of benzene rings is 2. The van der Waals surface area contributed by atoms with Crippen LogP contribution in [0.4, 0.5) is 0 Å². The molecule has 0 aliphatic carbocycles. The van der Waals surface area contributed by atoms with E-state index >= 15 is 0 Å². The fraction of sp³-hybridized carbons (Fsp3) is 0.240. The Labute approximate surface area is 182 Å². The van der Waals surface area contributed by atoms with Crippen LogP contribution in [0.1, 0.15) is 29.7 Å². The SMILES string of the molecule is Oc1ccc(CCCCNCCc2c(C3=CC=IC=C3)[nH]c3ccccc23)cc1. The van der Waals surface area contributed by atoms with Crippen molar-refractivity contribution in [1.82, 2.24) is 10.3 Å². The number of allylic oxidation sites excluding steroid dienone is 3. The topological polar surface area (TPSA) is 48.0 Å². The van der Waals surface area contributed by atoms with E-state index in [-0.39, 0.29) is 20.7 Å². The number of aromatic amines is 1. The molecule has 3 N–H and O–H groups in total. The number of H-pyrrole nitrogens is 1. The monoisotopic (exact) mass is 498 g/mol. The van der Waals surface area contributed by atoms with Crippen LogP contribution in [0.3, 0.4) is 0 Å². The van der Waals surface area contributed by atoms with Gasteiger partial charge >= 0.3 is 0 Å². The number of halogens is 1. The molecule has 1 aliphatic rings. The summed E-state index contributed by atoms with van der Waals surface area (Å²) in [5.74, 6) is 0.339. The van der Waals surface area contributed by atoms with Crippen LogP contribution in [0.15, 0.2) is 64.8 Å². The minimum atomic E-state index is 0.101. The number of nitrogens with one attached hydrogen (secondary N) is 2. The van der Waals surface area contributed by atoms with Gasteiger partial charge in [-0.1, -0.05) is 51.1 Å². The molecule has 0 saturated heterocycles. The molecule has 3 aromatic rings. The first-order chi connectivity index (χ1) is 14.3. The van der Waals surface area contributed by atoms with Gasteiger partial charge in [0.05, 0.1) is 0 Å². The summed E-state index contributed by atoms with van der Waals surface area (Å²) in [6, 6.07) is 16.2.